The summed E-state index contributed by atoms with van der Waals surface area (Å²) in [5, 5.41) is 16.0. The van der Waals surface area contributed by atoms with E-state index in [4.69, 9.17) is 5.14 Å². The molecule has 0 unspecified atom stereocenters. The van der Waals surface area contributed by atoms with Crippen molar-refractivity contribution < 1.29 is 18.1 Å². The predicted octanol–water partition coefficient (Wildman–Crippen LogP) is 0.785. The van der Waals surface area contributed by atoms with E-state index in [1.165, 1.54) is 11.8 Å². The topological polar surface area (TPSA) is 124 Å². The van der Waals surface area contributed by atoms with Gasteiger partial charge in [0.25, 0.3) is 11.6 Å². The molecule has 1 saturated carbocycles. The minimum atomic E-state index is -4.15. The summed E-state index contributed by atoms with van der Waals surface area (Å²) in [4.78, 5) is 23.6. The molecule has 2 rings (SSSR count). The number of non-ortho nitro benzene ring substituents is 1. The van der Waals surface area contributed by atoms with Gasteiger partial charge in [-0.05, 0) is 25.3 Å². The molecule has 1 amide bonds. The second-order valence-electron chi connectivity index (χ2n) is 5.07. The van der Waals surface area contributed by atoms with Gasteiger partial charge in [-0.3, -0.25) is 14.9 Å². The maximum absolute atomic E-state index is 12.4. The number of hydrogen-bond acceptors (Lipinski definition) is 5. The van der Waals surface area contributed by atoms with Crippen molar-refractivity contribution in [1.82, 2.24) is 4.90 Å². The Kier molecular flexibility index (Phi) is 3.72. The average Bonchev–Trinajstić information content (AvgIpc) is 3.19. The van der Waals surface area contributed by atoms with Gasteiger partial charge in [-0.1, -0.05) is 0 Å². The highest BCUT2D eigenvalue weighted by molar-refractivity contribution is 7.89. The van der Waals surface area contributed by atoms with Gasteiger partial charge >= 0.3 is 0 Å². The lowest BCUT2D eigenvalue weighted by molar-refractivity contribution is -0.385. The number of nitrogens with two attached hydrogens (primary N) is 1. The van der Waals surface area contributed by atoms with Crippen LogP contribution in [0, 0.1) is 17.0 Å². The summed E-state index contributed by atoms with van der Waals surface area (Å²) in [7, 11) is -2.56. The number of carbonyl (C=O) groups excluding carboxylic acids is 1. The van der Waals surface area contributed by atoms with E-state index < -0.39 is 31.4 Å². The Balaban J connectivity index is 2.61. The van der Waals surface area contributed by atoms with E-state index in [9.17, 15) is 23.3 Å². The molecule has 1 aliphatic rings. The van der Waals surface area contributed by atoms with Crippen molar-refractivity contribution in [2.75, 3.05) is 7.05 Å². The Morgan fingerprint density at radius 3 is 2.43 bits per heavy atom. The van der Waals surface area contributed by atoms with Crippen LogP contribution in [0.2, 0.25) is 0 Å². The third-order valence-electron chi connectivity index (χ3n) is 3.51. The van der Waals surface area contributed by atoms with E-state index in [0.717, 1.165) is 25.0 Å². The van der Waals surface area contributed by atoms with Gasteiger partial charge in [-0.25, -0.2) is 13.6 Å². The Morgan fingerprint density at radius 2 is 2.00 bits per heavy atom. The second kappa shape index (κ2) is 5.08. The molecule has 1 aliphatic carbocycles. The SMILES string of the molecule is Cc1c(C(=O)N(C)C2CC2)cc([N+](=O)[O-])cc1S(N)(=O)=O. The van der Waals surface area contributed by atoms with Crippen molar-refractivity contribution in [3.05, 3.63) is 33.4 Å². The van der Waals surface area contributed by atoms with Gasteiger partial charge in [0.1, 0.15) is 0 Å². The van der Waals surface area contributed by atoms with Crippen molar-refractivity contribution in [3.8, 4) is 0 Å². The summed E-state index contributed by atoms with van der Waals surface area (Å²) in [6.45, 7) is 1.41. The van der Waals surface area contributed by atoms with Gasteiger partial charge in [-0.2, -0.15) is 0 Å². The average molecular weight is 313 g/mol. The van der Waals surface area contributed by atoms with Crippen molar-refractivity contribution in [1.29, 1.82) is 0 Å². The summed E-state index contributed by atoms with van der Waals surface area (Å²) in [5.41, 5.74) is -0.361. The summed E-state index contributed by atoms with van der Waals surface area (Å²) in [6, 6.07) is 2.07. The molecule has 0 bridgehead atoms. The molecule has 9 heteroatoms. The van der Waals surface area contributed by atoms with Crippen LogP contribution >= 0.6 is 0 Å². The van der Waals surface area contributed by atoms with Crippen LogP contribution in [0.5, 0.6) is 0 Å². The zero-order valence-corrected chi connectivity index (χ0v) is 12.4. The molecule has 1 aromatic rings. The van der Waals surface area contributed by atoms with Crippen LogP contribution < -0.4 is 5.14 Å². The van der Waals surface area contributed by atoms with Gasteiger partial charge < -0.3 is 4.90 Å². The van der Waals surface area contributed by atoms with Gasteiger partial charge in [0.05, 0.1) is 15.4 Å². The fourth-order valence-electron chi connectivity index (χ4n) is 2.11. The predicted molar refractivity (Wildman–Crippen MR) is 74.3 cm³/mol. The minimum Gasteiger partial charge on any atom is -0.339 e. The van der Waals surface area contributed by atoms with Crippen molar-refractivity contribution in [3.63, 3.8) is 0 Å². The molecule has 114 valence electrons. The highest BCUT2D eigenvalue weighted by Crippen LogP contribution is 2.30. The highest BCUT2D eigenvalue weighted by Gasteiger charge is 2.32. The molecule has 1 aromatic carbocycles. The minimum absolute atomic E-state index is 0.0115. The smallest absolute Gasteiger partial charge is 0.271 e. The molecule has 0 spiro atoms. The van der Waals surface area contributed by atoms with Gasteiger partial charge in [0.15, 0.2) is 0 Å². The first-order valence-corrected chi connectivity index (χ1v) is 7.76. The van der Waals surface area contributed by atoms with Crippen LogP contribution in [-0.2, 0) is 10.0 Å². The first kappa shape index (κ1) is 15.4. The Morgan fingerprint density at radius 1 is 1.43 bits per heavy atom. The van der Waals surface area contributed by atoms with Crippen molar-refractivity contribution >= 4 is 21.6 Å². The highest BCUT2D eigenvalue weighted by atomic mass is 32.2. The lowest BCUT2D eigenvalue weighted by Crippen LogP contribution is -2.30. The third kappa shape index (κ3) is 3.03. The number of hydrogen-bond donors (Lipinski definition) is 1. The Labute approximate surface area is 121 Å². The number of amides is 1. The van der Waals surface area contributed by atoms with E-state index in [2.05, 4.69) is 0 Å². The van der Waals surface area contributed by atoms with Crippen LogP contribution in [0.3, 0.4) is 0 Å². The van der Waals surface area contributed by atoms with E-state index in [-0.39, 0.29) is 17.2 Å². The first-order chi connectivity index (χ1) is 9.62. The number of nitro benzene ring substituents is 1. The van der Waals surface area contributed by atoms with Gasteiger partial charge in [-0.15, -0.1) is 0 Å². The Bertz CT molecular complexity index is 725. The van der Waals surface area contributed by atoms with E-state index in [1.54, 1.807) is 7.05 Å². The third-order valence-corrected chi connectivity index (χ3v) is 4.54. The normalized spacial score (nSPS) is 14.8. The standard InChI is InChI=1S/C12H15N3O5S/c1-7-10(12(16)14(2)8-3-4-8)5-9(15(17)18)6-11(7)21(13,19)20/h5-6,8H,3-4H2,1-2H3,(H2,13,19,20). The zero-order valence-electron chi connectivity index (χ0n) is 11.6. The second-order valence-corrected chi connectivity index (χ2v) is 6.60. The van der Waals surface area contributed by atoms with E-state index >= 15 is 0 Å². The maximum Gasteiger partial charge on any atom is 0.271 e. The van der Waals surface area contributed by atoms with E-state index in [1.807, 2.05) is 0 Å². The van der Waals surface area contributed by atoms with Crippen LogP contribution in [0.25, 0.3) is 0 Å². The molecule has 0 heterocycles. The van der Waals surface area contributed by atoms with Crippen LogP contribution in [0.15, 0.2) is 17.0 Å². The lowest BCUT2D eigenvalue weighted by Gasteiger charge is -2.18. The van der Waals surface area contributed by atoms with Gasteiger partial charge in [0, 0.05) is 25.2 Å². The molecule has 1 fully saturated rings. The molecular weight excluding hydrogens is 298 g/mol. The fourth-order valence-corrected chi connectivity index (χ4v) is 2.94. The summed E-state index contributed by atoms with van der Waals surface area (Å²) >= 11 is 0. The number of benzene rings is 1. The van der Waals surface area contributed by atoms with Crippen LogP contribution in [-0.4, -0.2) is 37.2 Å². The fraction of sp³-hybridized carbons (Fsp3) is 0.417. The number of carbonyl (C=O) groups is 1. The first-order valence-electron chi connectivity index (χ1n) is 6.22. The molecule has 0 radical (unpaired) electrons. The molecule has 0 saturated heterocycles. The lowest BCUT2D eigenvalue weighted by atomic mass is 10.1. The number of primary sulfonamides is 1. The molecule has 0 aliphatic heterocycles. The number of nitro groups is 1. The number of nitrogens with zero attached hydrogens (tertiary/aromatic N) is 2. The largest absolute Gasteiger partial charge is 0.339 e. The molecular formula is C12H15N3O5S. The van der Waals surface area contributed by atoms with Gasteiger partial charge in [0.2, 0.25) is 10.0 Å². The molecule has 0 aromatic heterocycles. The van der Waals surface area contributed by atoms with E-state index in [0.29, 0.717) is 0 Å². The van der Waals surface area contributed by atoms with Crippen LogP contribution in [0.4, 0.5) is 5.69 Å². The molecule has 21 heavy (non-hydrogen) atoms. The number of rotatable bonds is 4. The zero-order chi connectivity index (χ0) is 15.9. The van der Waals surface area contributed by atoms with Crippen LogP contribution in [0.1, 0.15) is 28.8 Å². The molecule has 2 N–H and O–H groups in total. The molecule has 8 nitrogen and oxygen atoms in total. The monoisotopic (exact) mass is 313 g/mol. The maximum atomic E-state index is 12.4. The molecule has 0 atom stereocenters. The summed E-state index contributed by atoms with van der Waals surface area (Å²) < 4.78 is 23.1. The Hall–Kier alpha value is -2.00. The number of sulfonamides is 1. The summed E-state index contributed by atoms with van der Waals surface area (Å²) in [6.07, 6.45) is 1.75. The van der Waals surface area contributed by atoms with Crippen molar-refractivity contribution in [2.45, 2.75) is 30.7 Å². The summed E-state index contributed by atoms with van der Waals surface area (Å²) in [5.74, 6) is -0.441. The quantitative estimate of drug-likeness (QED) is 0.650. The van der Waals surface area contributed by atoms with Crippen molar-refractivity contribution in [2.24, 2.45) is 5.14 Å².